The van der Waals surface area contributed by atoms with Crippen LogP contribution in [0.1, 0.15) is 6.42 Å². The lowest BCUT2D eigenvalue weighted by atomic mass is 9.94. The Labute approximate surface area is 629 Å². The van der Waals surface area contributed by atoms with Crippen LogP contribution in [0.4, 0.5) is 0 Å². The second-order valence-corrected chi connectivity index (χ2v) is 26.3. The smallest absolute Gasteiger partial charge is 0.187 e. The highest BCUT2D eigenvalue weighted by molar-refractivity contribution is 5.71. The van der Waals surface area contributed by atoms with Crippen LogP contribution in [0.3, 0.4) is 0 Å². The molecule has 618 valence electrons. The SMILES string of the molecule is C=CC/C=C/C=C/C=C/C=NC[C@H]1O[C@@H]2O[C@H]3[C@H](OC)[C@@H](OC)[C@@H](O[C@H]4[C@H](OC)[C@@H](OC)[C@@H](O[C@H]5[C@H](OC)[C@@H](OC)[C@@H](O[C@H]6[C@H](OC)[C@@H](OC)[C@@H](O[C@H]7[C@H](OC)[C@@H](OC)[C@@H](O[C@H]8[C@H](OC)[C@@H](OC)[C@@H](O[C@H]1[C@H](OC)[C@H]2OC)O[C@@H]8COC)O[C@@H]7COC)O[C@@H]6COC)O[C@@H]5COC)O[C@@H]4COC)O[C@@H]3COC. The van der Waals surface area contributed by atoms with Gasteiger partial charge in [-0.15, -0.1) is 6.58 Å². The highest BCUT2D eigenvalue weighted by Crippen LogP contribution is 2.43. The Morgan fingerprint density at radius 3 is 0.617 bits per heavy atom. The maximum absolute atomic E-state index is 7.18. The molecule has 21 heterocycles. The van der Waals surface area contributed by atoms with Crippen LogP contribution in [0.2, 0.25) is 0 Å². The first kappa shape index (κ1) is 89.8. The van der Waals surface area contributed by atoms with Crippen LogP contribution in [0, 0.1) is 0 Å². The van der Waals surface area contributed by atoms with Crippen LogP contribution in [0.15, 0.2) is 54.1 Å². The fourth-order valence-electron chi connectivity index (χ4n) is 15.4. The largest absolute Gasteiger partial charge is 0.382 e. The van der Waals surface area contributed by atoms with E-state index in [1.54, 1.807) is 12.3 Å². The van der Waals surface area contributed by atoms with Gasteiger partial charge in [-0.05, 0) is 12.5 Å². The molecule has 35 nitrogen and oxygen atoms in total. The van der Waals surface area contributed by atoms with E-state index in [-0.39, 0.29) is 46.2 Å². The first-order valence-corrected chi connectivity index (χ1v) is 35.8. The van der Waals surface area contributed by atoms with E-state index in [4.69, 9.17) is 166 Å². The van der Waals surface area contributed by atoms with Crippen molar-refractivity contribution in [3.05, 3.63) is 49.1 Å². The average molecular weight is 1540 g/mol. The number of aliphatic imine (C=N–C) groups is 1. The molecule has 21 saturated heterocycles. The van der Waals surface area contributed by atoms with Gasteiger partial charge in [0.25, 0.3) is 0 Å². The van der Waals surface area contributed by atoms with E-state index in [9.17, 15) is 0 Å². The Morgan fingerprint density at radius 2 is 0.421 bits per heavy atom. The lowest BCUT2D eigenvalue weighted by molar-refractivity contribution is -0.402. The Balaban J connectivity index is 1.25. The molecule has 0 N–H and O–H groups in total. The Morgan fingerprint density at radius 1 is 0.234 bits per heavy atom. The summed E-state index contributed by atoms with van der Waals surface area (Å²) in [6.07, 6.45) is -21.2. The summed E-state index contributed by atoms with van der Waals surface area (Å²) in [5.74, 6) is 0. The van der Waals surface area contributed by atoms with E-state index in [0.29, 0.717) is 0 Å². The third-order valence-electron chi connectivity index (χ3n) is 20.3. The van der Waals surface area contributed by atoms with Crippen molar-refractivity contribution in [2.75, 3.05) is 188 Å². The summed E-state index contributed by atoms with van der Waals surface area (Å²) in [7, 11) is 30.2. The molecular formula is C72H121NO34. The summed E-state index contributed by atoms with van der Waals surface area (Å²) < 4.78 is 222. The summed E-state index contributed by atoms with van der Waals surface area (Å²) in [6.45, 7) is 3.46. The van der Waals surface area contributed by atoms with Gasteiger partial charge in [-0.2, -0.15) is 0 Å². The van der Waals surface area contributed by atoms with E-state index in [0.717, 1.165) is 6.42 Å². The summed E-state index contributed by atoms with van der Waals surface area (Å²) >= 11 is 0. The van der Waals surface area contributed by atoms with Gasteiger partial charge < -0.3 is 161 Å². The molecule has 35 atom stereocenters. The topological polar surface area (TPSA) is 326 Å². The lowest BCUT2D eigenvalue weighted by Gasteiger charge is -2.52. The molecule has 0 aliphatic carbocycles. The molecule has 21 fully saturated rings. The van der Waals surface area contributed by atoms with Crippen LogP contribution in [-0.4, -0.2) is 410 Å². The van der Waals surface area contributed by atoms with Gasteiger partial charge in [0.05, 0.1) is 46.2 Å². The van der Waals surface area contributed by atoms with Gasteiger partial charge in [0.1, 0.15) is 171 Å². The fraction of sp³-hybridized carbons (Fsp3) is 0.875. The highest BCUT2D eigenvalue weighted by atomic mass is 16.8. The predicted molar refractivity (Wildman–Crippen MR) is 373 cm³/mol. The second kappa shape index (κ2) is 46.0. The Bertz CT molecular complexity index is 2590. The fourth-order valence-corrected chi connectivity index (χ4v) is 15.4. The average Bonchev–Trinajstić information content (AvgIpc) is 0.783. The molecule has 35 heteroatoms. The molecule has 21 rings (SSSR count). The van der Waals surface area contributed by atoms with Gasteiger partial charge in [-0.3, -0.25) is 4.99 Å². The third kappa shape index (κ3) is 21.2. The maximum atomic E-state index is 7.18. The highest BCUT2D eigenvalue weighted by Gasteiger charge is 2.62. The number of hydrogen-bond donors (Lipinski definition) is 0. The van der Waals surface area contributed by atoms with E-state index in [2.05, 4.69) is 6.58 Å². The zero-order valence-electron chi connectivity index (χ0n) is 65.5. The number of methoxy groups -OCH3 is 20. The molecule has 0 aromatic rings. The third-order valence-corrected chi connectivity index (χ3v) is 20.3. The van der Waals surface area contributed by atoms with Crippen molar-refractivity contribution in [3.63, 3.8) is 0 Å². The molecule has 0 unspecified atom stereocenters. The summed E-state index contributed by atoms with van der Waals surface area (Å²) in [5.41, 5.74) is 0. The molecule has 21 aliphatic heterocycles. The standard InChI is InChI=1S/C72H121NO34/c1-22-23-24-25-26-27-28-29-30-73-31-38-45-52(80-8)59(87-15)66(94-38)102-46-39(32-74-2)96-68(61(89-17)53(46)81-9)104-48-41(34-76-4)98-70(63(91-19)55(48)83-11)106-50-43(36-78-6)100-72(65(93-21)57(50)85-13)107-51-44(37-79-7)99-71(64(92-20)58(51)86-14)105-49-42(35-77-5)97-69(62(90-18)56(49)84-12)103-47-40(33-75-3)95-67(101-45)60(88-16)54(47)82-10/h22,24-30,38-72H,1,23,31-37H2,2-21H3/b25-24+,27-26+,29-28+,73-30?/t38-,39-,40-,41-,42-,43-,44-,45-,46-,47-,48-,49-,50-,51-,52+,53+,54+,55+,56+,57+,58+,59-,60-,61-,62-,63-,64-,65-,66-,67-,68-,69-,70-,71-,72-/m1/s1. The summed E-state index contributed by atoms with van der Waals surface area (Å²) in [5, 5.41) is 0. The number of rotatable bonds is 33. The van der Waals surface area contributed by atoms with Crippen molar-refractivity contribution in [1.29, 1.82) is 0 Å². The molecule has 0 aromatic carbocycles. The van der Waals surface area contributed by atoms with Gasteiger partial charge in [0, 0.05) is 148 Å². The summed E-state index contributed by atoms with van der Waals surface area (Å²) in [4.78, 5) is 4.84. The second-order valence-electron chi connectivity index (χ2n) is 26.3. The minimum atomic E-state index is -1.26. The number of nitrogens with zero attached hydrogens (tertiary/aromatic N) is 1. The molecule has 14 bridgehead atoms. The first-order chi connectivity index (χ1) is 52.2. The van der Waals surface area contributed by atoms with Crippen LogP contribution >= 0.6 is 0 Å². The summed E-state index contributed by atoms with van der Waals surface area (Å²) in [6, 6.07) is 0. The molecule has 0 spiro atoms. The number of ether oxygens (including phenoxy) is 34. The molecule has 21 aliphatic rings. The molecule has 107 heavy (non-hydrogen) atoms. The monoisotopic (exact) mass is 1540 g/mol. The quantitative estimate of drug-likeness (QED) is 0.0506. The predicted octanol–water partition coefficient (Wildman–Crippen LogP) is 1.17. The van der Waals surface area contributed by atoms with Crippen molar-refractivity contribution in [3.8, 4) is 0 Å². The van der Waals surface area contributed by atoms with Gasteiger partial charge >= 0.3 is 0 Å². The van der Waals surface area contributed by atoms with Crippen molar-refractivity contribution >= 4 is 6.21 Å². The minimum Gasteiger partial charge on any atom is -0.382 e. The van der Waals surface area contributed by atoms with Crippen molar-refractivity contribution in [2.45, 2.75) is 221 Å². The minimum absolute atomic E-state index is 0.0170. The van der Waals surface area contributed by atoms with Crippen LogP contribution < -0.4 is 0 Å². The van der Waals surface area contributed by atoms with Crippen LogP contribution in [0.25, 0.3) is 0 Å². The van der Waals surface area contributed by atoms with Crippen LogP contribution in [0.5, 0.6) is 0 Å². The maximum Gasteiger partial charge on any atom is 0.187 e. The Hall–Kier alpha value is -2.73. The molecule has 0 saturated carbocycles. The zero-order chi connectivity index (χ0) is 77.3. The van der Waals surface area contributed by atoms with Gasteiger partial charge in [0.2, 0.25) is 0 Å². The number of hydrogen-bond acceptors (Lipinski definition) is 35. The van der Waals surface area contributed by atoms with E-state index >= 15 is 0 Å². The van der Waals surface area contributed by atoms with E-state index in [1.165, 1.54) is 142 Å². The van der Waals surface area contributed by atoms with Crippen LogP contribution in [-0.2, 0) is 161 Å². The molecule has 0 radical (unpaired) electrons. The molecular weight excluding hydrogens is 1420 g/mol. The normalized spacial score (nSPS) is 43.5. The van der Waals surface area contributed by atoms with Crippen molar-refractivity contribution in [1.82, 2.24) is 0 Å². The lowest BCUT2D eigenvalue weighted by Crippen LogP contribution is -2.69. The van der Waals surface area contributed by atoms with Crippen molar-refractivity contribution in [2.24, 2.45) is 4.99 Å². The molecule has 0 amide bonds. The molecule has 0 aromatic heterocycles. The first-order valence-electron chi connectivity index (χ1n) is 35.8. The van der Waals surface area contributed by atoms with Crippen molar-refractivity contribution < 1.29 is 161 Å². The van der Waals surface area contributed by atoms with E-state index < -0.39 is 215 Å². The number of allylic oxidation sites excluding steroid dienone is 7. The zero-order valence-corrected chi connectivity index (χ0v) is 65.5. The van der Waals surface area contributed by atoms with E-state index in [1.807, 2.05) is 36.5 Å². The van der Waals surface area contributed by atoms with Gasteiger partial charge in [-0.25, -0.2) is 0 Å². The van der Waals surface area contributed by atoms with Gasteiger partial charge in [0.15, 0.2) is 44.0 Å². The van der Waals surface area contributed by atoms with Gasteiger partial charge in [-0.1, -0.05) is 36.5 Å². The Kier molecular flexibility index (Phi) is 38.6.